The predicted octanol–water partition coefficient (Wildman–Crippen LogP) is 2.15. The minimum Gasteiger partial charge on any atom is -0.324 e. The van der Waals surface area contributed by atoms with Gasteiger partial charge in [0.2, 0.25) is 0 Å². The Morgan fingerprint density at radius 1 is 1.44 bits per heavy atom. The van der Waals surface area contributed by atoms with Crippen molar-refractivity contribution in [1.82, 2.24) is 19.7 Å². The van der Waals surface area contributed by atoms with Gasteiger partial charge in [-0.25, -0.2) is 4.98 Å². The molecule has 0 fully saturated rings. The van der Waals surface area contributed by atoms with E-state index in [1.807, 2.05) is 11.6 Å². The highest BCUT2D eigenvalue weighted by atomic mass is 32.2. The van der Waals surface area contributed by atoms with Gasteiger partial charge < -0.3 is 10.3 Å². The van der Waals surface area contributed by atoms with Crippen LogP contribution in [0.1, 0.15) is 36.3 Å². The highest BCUT2D eigenvalue weighted by Crippen LogP contribution is 2.24. The lowest BCUT2D eigenvalue weighted by molar-refractivity contribution is 0.734. The normalized spacial score (nSPS) is 11.4. The zero-order valence-electron chi connectivity index (χ0n) is 10.8. The molecule has 0 unspecified atom stereocenters. The molecule has 2 aromatic rings. The van der Waals surface area contributed by atoms with Gasteiger partial charge in [-0.2, -0.15) is 0 Å². The largest absolute Gasteiger partial charge is 0.324 e. The maximum Gasteiger partial charge on any atom is 0.191 e. The van der Waals surface area contributed by atoms with Crippen LogP contribution in [0.3, 0.4) is 0 Å². The maximum absolute atomic E-state index is 5.56. The molecule has 5 nitrogen and oxygen atoms in total. The number of nitrogens with zero attached hydrogens (tertiary/aromatic N) is 4. The van der Waals surface area contributed by atoms with Crippen LogP contribution in [0.2, 0.25) is 0 Å². The standard InChI is InChI=1S/C11H17N5S2/c1-7(2)10-13-8(5-17-10)6-18-11-15-14-9(4-12)16(11)3/h5,7H,4,6,12H2,1-3H3. The fourth-order valence-corrected chi connectivity index (χ4v) is 3.20. The molecule has 0 bridgehead atoms. The van der Waals surface area contributed by atoms with Crippen LogP contribution in [0.25, 0.3) is 0 Å². The maximum atomic E-state index is 5.56. The Kier molecular flexibility index (Phi) is 4.36. The van der Waals surface area contributed by atoms with Gasteiger partial charge in [-0.15, -0.1) is 21.5 Å². The smallest absolute Gasteiger partial charge is 0.191 e. The van der Waals surface area contributed by atoms with Crippen LogP contribution >= 0.6 is 23.1 Å². The van der Waals surface area contributed by atoms with E-state index in [1.54, 1.807) is 23.1 Å². The third-order valence-corrected chi connectivity index (χ3v) is 4.77. The highest BCUT2D eigenvalue weighted by Gasteiger charge is 2.10. The SMILES string of the molecule is CC(C)c1nc(CSc2nnc(CN)n2C)cs1. The van der Waals surface area contributed by atoms with Crippen molar-refractivity contribution in [3.8, 4) is 0 Å². The third kappa shape index (κ3) is 2.90. The minimum atomic E-state index is 0.415. The van der Waals surface area contributed by atoms with Crippen LogP contribution in [0.5, 0.6) is 0 Å². The fraction of sp³-hybridized carbons (Fsp3) is 0.545. The molecule has 0 aromatic carbocycles. The Bertz CT molecular complexity index is 517. The molecule has 98 valence electrons. The summed E-state index contributed by atoms with van der Waals surface area (Å²) in [5.74, 6) is 2.12. The number of aromatic nitrogens is 4. The molecule has 0 saturated heterocycles. The van der Waals surface area contributed by atoms with Crippen LogP contribution < -0.4 is 5.73 Å². The van der Waals surface area contributed by atoms with Crippen molar-refractivity contribution in [1.29, 1.82) is 0 Å². The van der Waals surface area contributed by atoms with Crippen molar-refractivity contribution in [3.05, 3.63) is 21.9 Å². The van der Waals surface area contributed by atoms with Crippen molar-refractivity contribution < 1.29 is 0 Å². The molecule has 0 atom stereocenters. The zero-order valence-corrected chi connectivity index (χ0v) is 12.4. The molecule has 2 rings (SSSR count). The molecule has 2 aromatic heterocycles. The molecule has 18 heavy (non-hydrogen) atoms. The first kappa shape index (κ1) is 13.5. The van der Waals surface area contributed by atoms with E-state index in [0.717, 1.165) is 22.4 Å². The summed E-state index contributed by atoms with van der Waals surface area (Å²) in [4.78, 5) is 4.60. The van der Waals surface area contributed by atoms with Gasteiger partial charge in [0.15, 0.2) is 5.16 Å². The van der Waals surface area contributed by atoms with E-state index in [4.69, 9.17) is 5.73 Å². The van der Waals surface area contributed by atoms with Crippen LogP contribution in [-0.2, 0) is 19.3 Å². The number of nitrogens with two attached hydrogens (primary N) is 1. The number of hydrogen-bond donors (Lipinski definition) is 1. The van der Waals surface area contributed by atoms with E-state index in [2.05, 4.69) is 34.4 Å². The predicted molar refractivity (Wildman–Crippen MR) is 74.7 cm³/mol. The van der Waals surface area contributed by atoms with Gasteiger partial charge in [0, 0.05) is 24.1 Å². The summed E-state index contributed by atoms with van der Waals surface area (Å²) in [7, 11) is 1.94. The average molecular weight is 283 g/mol. The summed E-state index contributed by atoms with van der Waals surface area (Å²) in [6.45, 7) is 4.73. The van der Waals surface area contributed by atoms with Crippen LogP contribution in [0.15, 0.2) is 10.5 Å². The first-order chi connectivity index (χ1) is 8.61. The van der Waals surface area contributed by atoms with E-state index in [-0.39, 0.29) is 0 Å². The van der Waals surface area contributed by atoms with E-state index < -0.39 is 0 Å². The summed E-state index contributed by atoms with van der Waals surface area (Å²) in [5, 5.41) is 12.3. The van der Waals surface area contributed by atoms with E-state index >= 15 is 0 Å². The Hall–Kier alpha value is -0.920. The van der Waals surface area contributed by atoms with Crippen LogP contribution in [0.4, 0.5) is 0 Å². The quantitative estimate of drug-likeness (QED) is 0.851. The minimum absolute atomic E-state index is 0.415. The average Bonchev–Trinajstić information content (AvgIpc) is 2.93. The molecule has 2 heterocycles. The lowest BCUT2D eigenvalue weighted by Crippen LogP contribution is -2.05. The van der Waals surface area contributed by atoms with Crippen molar-refractivity contribution in [2.75, 3.05) is 0 Å². The summed E-state index contributed by atoms with van der Waals surface area (Å²) < 4.78 is 1.93. The molecule has 0 aliphatic carbocycles. The van der Waals surface area contributed by atoms with Crippen molar-refractivity contribution in [2.24, 2.45) is 12.8 Å². The van der Waals surface area contributed by atoms with Crippen LogP contribution in [0, 0.1) is 0 Å². The molecular weight excluding hydrogens is 266 g/mol. The second-order valence-electron chi connectivity index (χ2n) is 4.28. The first-order valence-corrected chi connectivity index (χ1v) is 7.63. The van der Waals surface area contributed by atoms with Gasteiger partial charge in [-0.1, -0.05) is 25.6 Å². The first-order valence-electron chi connectivity index (χ1n) is 5.77. The number of thioether (sulfide) groups is 1. The second kappa shape index (κ2) is 5.81. The molecule has 0 spiro atoms. The molecule has 0 radical (unpaired) electrons. The lowest BCUT2D eigenvalue weighted by Gasteiger charge is -2.01. The van der Waals surface area contributed by atoms with Crippen molar-refractivity contribution >= 4 is 23.1 Å². The van der Waals surface area contributed by atoms with E-state index in [0.29, 0.717) is 12.5 Å². The molecule has 2 N–H and O–H groups in total. The van der Waals surface area contributed by atoms with E-state index in [9.17, 15) is 0 Å². The molecule has 0 aliphatic heterocycles. The Morgan fingerprint density at radius 2 is 2.22 bits per heavy atom. The summed E-state index contributed by atoms with van der Waals surface area (Å²) in [5.41, 5.74) is 6.67. The molecule has 0 aliphatic rings. The van der Waals surface area contributed by atoms with E-state index in [1.165, 1.54) is 5.01 Å². The zero-order chi connectivity index (χ0) is 13.1. The number of hydrogen-bond acceptors (Lipinski definition) is 6. The summed E-state index contributed by atoms with van der Waals surface area (Å²) >= 11 is 3.36. The van der Waals surface area contributed by atoms with Gasteiger partial charge in [0.1, 0.15) is 5.82 Å². The van der Waals surface area contributed by atoms with Gasteiger partial charge in [0.05, 0.1) is 17.2 Å². The summed E-state index contributed by atoms with van der Waals surface area (Å²) in [6, 6.07) is 0. The Morgan fingerprint density at radius 3 is 2.78 bits per heavy atom. The monoisotopic (exact) mass is 283 g/mol. The Labute approximate surface area is 115 Å². The van der Waals surface area contributed by atoms with Gasteiger partial charge in [0.25, 0.3) is 0 Å². The van der Waals surface area contributed by atoms with Gasteiger partial charge in [-0.3, -0.25) is 0 Å². The molecule has 7 heteroatoms. The fourth-order valence-electron chi connectivity index (χ4n) is 1.44. The number of thiazole rings is 1. The molecule has 0 amide bonds. The topological polar surface area (TPSA) is 69.6 Å². The van der Waals surface area contributed by atoms with Crippen molar-refractivity contribution in [3.63, 3.8) is 0 Å². The van der Waals surface area contributed by atoms with Crippen molar-refractivity contribution in [2.45, 2.75) is 37.2 Å². The van der Waals surface area contributed by atoms with Gasteiger partial charge in [-0.05, 0) is 0 Å². The lowest BCUT2D eigenvalue weighted by atomic mass is 10.2. The summed E-state index contributed by atoms with van der Waals surface area (Å²) in [6.07, 6.45) is 0. The molecular formula is C11H17N5S2. The second-order valence-corrected chi connectivity index (χ2v) is 6.11. The molecule has 0 saturated carbocycles. The third-order valence-electron chi connectivity index (χ3n) is 2.52. The van der Waals surface area contributed by atoms with Crippen LogP contribution in [-0.4, -0.2) is 19.7 Å². The Balaban J connectivity index is 2.00. The van der Waals surface area contributed by atoms with Gasteiger partial charge >= 0.3 is 0 Å². The number of rotatable bonds is 5. The highest BCUT2D eigenvalue weighted by molar-refractivity contribution is 7.98.